The fourth-order valence-corrected chi connectivity index (χ4v) is 7.17. The Morgan fingerprint density at radius 1 is 1.04 bits per heavy atom. The van der Waals surface area contributed by atoms with Crippen molar-refractivity contribution in [2.45, 2.75) is 76.7 Å². The molecule has 4 aliphatic rings. The number of carbonyl (C=O) groups excluding carboxylic acids is 2. The first-order valence-electron chi connectivity index (χ1n) is 16.8. The maximum Gasteiger partial charge on any atom is 0.249 e. The number of hydrogen-bond acceptors (Lipinski definition) is 11. The second-order valence-electron chi connectivity index (χ2n) is 13.7. The maximum absolute atomic E-state index is 14.0. The molecule has 1 saturated heterocycles. The second-order valence-corrected chi connectivity index (χ2v) is 13.7. The van der Waals surface area contributed by atoms with Crippen LogP contribution in [0.2, 0.25) is 0 Å². The lowest BCUT2D eigenvalue weighted by molar-refractivity contribution is -0.185. The van der Waals surface area contributed by atoms with Crippen molar-refractivity contribution in [1.29, 1.82) is 0 Å². The number of oxazole rings is 2. The lowest BCUT2D eigenvalue weighted by Gasteiger charge is -2.29. The summed E-state index contributed by atoms with van der Waals surface area (Å²) in [5.41, 5.74) is 3.16. The number of nitrogens with zero attached hydrogens (tertiary/aromatic N) is 2. The fraction of sp³-hybridized carbons (Fsp3) is 0.444. The first-order chi connectivity index (χ1) is 23.6. The van der Waals surface area contributed by atoms with Gasteiger partial charge in [-0.25, -0.2) is 9.97 Å². The maximum atomic E-state index is 14.0. The van der Waals surface area contributed by atoms with Crippen LogP contribution in [0.1, 0.15) is 80.5 Å². The molecular weight excluding hydrogens is 630 g/mol. The van der Waals surface area contributed by atoms with Gasteiger partial charge in [0.15, 0.2) is 17.7 Å². The number of amides is 2. The monoisotopic (exact) mass is 669 g/mol. The molecule has 8 rings (SSSR count). The Kier molecular flexibility index (Phi) is 7.73. The zero-order chi connectivity index (χ0) is 34.0. The van der Waals surface area contributed by atoms with E-state index in [2.05, 4.69) is 16.0 Å². The molecule has 4 bridgehead atoms. The van der Waals surface area contributed by atoms with Crippen molar-refractivity contribution in [2.24, 2.45) is 11.8 Å². The summed E-state index contributed by atoms with van der Waals surface area (Å²) in [6.07, 6.45) is -0.0924. The Bertz CT molecular complexity index is 1910. The first kappa shape index (κ1) is 31.5. The van der Waals surface area contributed by atoms with Gasteiger partial charge < -0.3 is 44.1 Å². The van der Waals surface area contributed by atoms with Crippen LogP contribution in [-0.4, -0.2) is 58.5 Å². The van der Waals surface area contributed by atoms with Crippen molar-refractivity contribution in [1.82, 2.24) is 20.6 Å². The van der Waals surface area contributed by atoms with Crippen molar-refractivity contribution in [2.75, 3.05) is 18.5 Å². The minimum Gasteiger partial charge on any atom is -0.469 e. The van der Waals surface area contributed by atoms with Gasteiger partial charge in [0.2, 0.25) is 29.9 Å². The van der Waals surface area contributed by atoms with Gasteiger partial charge in [0.25, 0.3) is 0 Å². The van der Waals surface area contributed by atoms with Gasteiger partial charge in [0, 0.05) is 17.7 Å². The lowest BCUT2D eigenvalue weighted by atomic mass is 9.72. The summed E-state index contributed by atoms with van der Waals surface area (Å²) in [6.45, 7) is 8.48. The van der Waals surface area contributed by atoms with Crippen LogP contribution in [0.3, 0.4) is 0 Å². The topological polar surface area (TPSA) is 170 Å². The number of nitrogens with one attached hydrogen (secondary N) is 3. The molecule has 2 aromatic heterocycles. The van der Waals surface area contributed by atoms with Gasteiger partial charge in [0.1, 0.15) is 41.3 Å². The SMILES string of the molecule is CC(C)C1NC(=O)C(NC(=O)[C@@H](O)C(C)C)Cc2ccc3c(c2)C2(c4ccccc4NC2O3)c2oc1nc2-c1nc(C2OCCCO2)co1. The Labute approximate surface area is 282 Å². The third-order valence-corrected chi connectivity index (χ3v) is 9.74. The lowest BCUT2D eigenvalue weighted by Crippen LogP contribution is -2.52. The minimum atomic E-state index is -1.28. The predicted molar refractivity (Wildman–Crippen MR) is 174 cm³/mol. The average molecular weight is 670 g/mol. The number of fused-ring (bicyclic) bond motifs is 4. The third kappa shape index (κ3) is 5.10. The highest BCUT2D eigenvalue weighted by atomic mass is 16.7. The number of benzene rings is 2. The molecule has 13 heteroatoms. The number of aromatic nitrogens is 2. The van der Waals surface area contributed by atoms with E-state index in [-0.39, 0.29) is 30.0 Å². The van der Waals surface area contributed by atoms with Crippen LogP contribution >= 0.6 is 0 Å². The first-order valence-corrected chi connectivity index (χ1v) is 16.8. The molecule has 256 valence electrons. The van der Waals surface area contributed by atoms with E-state index < -0.39 is 47.9 Å². The molecule has 13 nitrogen and oxygen atoms in total. The standard InChI is InChI=1S/C36H39N5O8/c1-17(2)26-33-41-27(32-38-24(16-47-32)34-45-12-7-13-46-34)29(49-33)36-20-8-5-6-9-22(20)39-35(36)48-25-11-10-19(14-21(25)36)15-23(30(43)40-26)37-31(44)28(42)18(3)4/h5-6,8-11,14,16-18,23,26,28,34-35,39,42H,7,12-13,15H2,1-4H3,(H,37,44)(H,40,43)/t23?,26?,28-,35?,36?/m0/s1. The van der Waals surface area contributed by atoms with Crippen LogP contribution in [-0.2, 0) is 30.9 Å². The number of rotatable bonds is 6. The van der Waals surface area contributed by atoms with E-state index in [1.54, 1.807) is 13.8 Å². The number of para-hydroxylation sites is 1. The number of carbonyl (C=O) groups is 2. The summed E-state index contributed by atoms with van der Waals surface area (Å²) >= 11 is 0. The molecule has 0 saturated carbocycles. The van der Waals surface area contributed by atoms with Gasteiger partial charge in [-0.15, -0.1) is 0 Å². The molecule has 4 aromatic rings. The normalized spacial score (nSPS) is 25.0. The second kappa shape index (κ2) is 12.0. The van der Waals surface area contributed by atoms with Crippen molar-refractivity contribution >= 4 is 17.5 Å². The zero-order valence-corrected chi connectivity index (χ0v) is 27.7. The molecule has 2 amide bonds. The molecule has 0 radical (unpaired) electrons. The smallest absolute Gasteiger partial charge is 0.249 e. The summed E-state index contributed by atoms with van der Waals surface area (Å²) in [7, 11) is 0. The number of aliphatic hydroxyl groups excluding tert-OH is 1. The van der Waals surface area contributed by atoms with E-state index in [9.17, 15) is 14.7 Å². The number of ether oxygens (including phenoxy) is 3. The highest BCUT2D eigenvalue weighted by Crippen LogP contribution is 2.59. The van der Waals surface area contributed by atoms with Gasteiger partial charge in [-0.05, 0) is 41.5 Å². The predicted octanol–water partition coefficient (Wildman–Crippen LogP) is 4.11. The third-order valence-electron chi connectivity index (χ3n) is 9.74. The van der Waals surface area contributed by atoms with Gasteiger partial charge in [-0.3, -0.25) is 9.59 Å². The zero-order valence-electron chi connectivity index (χ0n) is 27.7. The molecule has 1 fully saturated rings. The van der Waals surface area contributed by atoms with Gasteiger partial charge in [-0.2, -0.15) is 0 Å². The summed E-state index contributed by atoms with van der Waals surface area (Å²) in [5.74, 6) is -0.0397. The van der Waals surface area contributed by atoms with Gasteiger partial charge in [0.05, 0.1) is 13.2 Å². The van der Waals surface area contributed by atoms with Crippen molar-refractivity contribution < 1.29 is 37.7 Å². The number of hydrogen-bond donors (Lipinski definition) is 4. The molecule has 1 spiro atoms. The molecule has 4 aliphatic heterocycles. The molecule has 4 unspecified atom stereocenters. The van der Waals surface area contributed by atoms with E-state index in [0.717, 1.165) is 28.8 Å². The molecule has 4 N–H and O–H groups in total. The Morgan fingerprint density at radius 3 is 2.61 bits per heavy atom. The average Bonchev–Trinajstić information content (AvgIpc) is 3.87. The van der Waals surface area contributed by atoms with Crippen LogP contribution in [0.25, 0.3) is 11.6 Å². The molecule has 2 aromatic carbocycles. The highest BCUT2D eigenvalue weighted by Gasteiger charge is 2.61. The van der Waals surface area contributed by atoms with Crippen molar-refractivity contribution in [3.05, 3.63) is 82.8 Å². The fourth-order valence-electron chi connectivity index (χ4n) is 7.17. The van der Waals surface area contributed by atoms with Crippen LogP contribution in [0.15, 0.2) is 57.6 Å². The van der Waals surface area contributed by atoms with Crippen molar-refractivity contribution in [3.63, 3.8) is 0 Å². The number of anilines is 1. The number of aliphatic hydroxyl groups is 1. The quantitative estimate of drug-likeness (QED) is 0.233. The molecular formula is C36H39N5O8. The van der Waals surface area contributed by atoms with E-state index in [1.165, 1.54) is 6.26 Å². The van der Waals surface area contributed by atoms with Gasteiger partial charge >= 0.3 is 0 Å². The summed E-state index contributed by atoms with van der Waals surface area (Å²) in [5, 5.41) is 20.0. The van der Waals surface area contributed by atoms with E-state index in [4.69, 9.17) is 33.0 Å². The van der Waals surface area contributed by atoms with Crippen molar-refractivity contribution in [3.8, 4) is 17.3 Å². The van der Waals surface area contributed by atoms with E-state index >= 15 is 0 Å². The van der Waals surface area contributed by atoms with Crippen LogP contribution in [0, 0.1) is 11.8 Å². The van der Waals surface area contributed by atoms with Crippen LogP contribution in [0.5, 0.6) is 5.75 Å². The summed E-state index contributed by atoms with van der Waals surface area (Å²) in [4.78, 5) is 36.9. The van der Waals surface area contributed by atoms with Gasteiger partial charge in [-0.1, -0.05) is 58.0 Å². The van der Waals surface area contributed by atoms with Crippen LogP contribution < -0.4 is 20.7 Å². The van der Waals surface area contributed by atoms with Crippen LogP contribution in [0.4, 0.5) is 5.69 Å². The molecule has 49 heavy (non-hydrogen) atoms. The summed E-state index contributed by atoms with van der Waals surface area (Å²) in [6, 6.07) is 12.0. The Morgan fingerprint density at radius 2 is 1.84 bits per heavy atom. The van der Waals surface area contributed by atoms with E-state index in [1.807, 2.05) is 56.3 Å². The molecule has 6 heterocycles. The minimum absolute atomic E-state index is 0.167. The highest BCUT2D eigenvalue weighted by molar-refractivity contribution is 5.90. The molecule has 5 atom stereocenters. The molecule has 0 aliphatic carbocycles. The Hall–Kier alpha value is -4.72. The largest absolute Gasteiger partial charge is 0.469 e. The summed E-state index contributed by atoms with van der Waals surface area (Å²) < 4.78 is 31.2. The Balaban J connectivity index is 1.34. The van der Waals surface area contributed by atoms with E-state index in [0.29, 0.717) is 36.1 Å².